The summed E-state index contributed by atoms with van der Waals surface area (Å²) in [4.78, 5) is 1.93. The zero-order valence-electron chi connectivity index (χ0n) is 13.6. The van der Waals surface area contributed by atoms with Gasteiger partial charge in [0.15, 0.2) is 0 Å². The van der Waals surface area contributed by atoms with Gasteiger partial charge >= 0.3 is 0 Å². The topological polar surface area (TPSA) is 73.2 Å². The van der Waals surface area contributed by atoms with Gasteiger partial charge < -0.3 is 20.1 Å². The van der Waals surface area contributed by atoms with Crippen LogP contribution in [0, 0.1) is 0 Å². The van der Waals surface area contributed by atoms with E-state index in [2.05, 4.69) is 0 Å². The number of likely N-dealkylation sites (tertiary alicyclic amines) is 1. The van der Waals surface area contributed by atoms with E-state index in [1.807, 2.05) is 66.4 Å². The molecule has 0 unspecified atom stereocenters. The number of hydrogen-bond acceptors (Lipinski definition) is 5. The molecular weight excluding hydrogens is 306 g/mol. The normalized spacial score (nSPS) is 27.3. The Hall–Kier alpha value is -1.92. The number of aliphatic hydroxyl groups excluding tert-OH is 3. The van der Waals surface area contributed by atoms with E-state index in [0.717, 1.165) is 17.1 Å². The van der Waals surface area contributed by atoms with E-state index in [1.54, 1.807) is 0 Å². The van der Waals surface area contributed by atoms with Crippen LogP contribution >= 0.6 is 0 Å². The van der Waals surface area contributed by atoms with Crippen LogP contribution in [-0.4, -0.2) is 51.1 Å². The molecule has 3 rings (SSSR count). The van der Waals surface area contributed by atoms with Gasteiger partial charge in [0, 0.05) is 12.6 Å². The standard InChI is InChI=1S/C19H23NO4/c1-13-18(22)19(23)17(12-21)20(13)11-14-7-9-16(10-8-14)24-15-5-3-2-4-6-15/h2-10,13,17-19,21-23H,11-12H2,1H3/t13-,17+,18-,19+/m0/s1. The van der Waals surface area contributed by atoms with Gasteiger partial charge in [-0.1, -0.05) is 30.3 Å². The minimum absolute atomic E-state index is 0.183. The molecule has 4 atom stereocenters. The van der Waals surface area contributed by atoms with Crippen LogP contribution in [0.25, 0.3) is 0 Å². The minimum Gasteiger partial charge on any atom is -0.457 e. The Kier molecular flexibility index (Phi) is 5.16. The molecule has 0 amide bonds. The second kappa shape index (κ2) is 7.32. The molecule has 1 fully saturated rings. The third-order valence-electron chi connectivity index (χ3n) is 4.64. The molecule has 2 aromatic rings. The molecule has 24 heavy (non-hydrogen) atoms. The molecule has 1 saturated heterocycles. The first-order valence-electron chi connectivity index (χ1n) is 8.14. The van der Waals surface area contributed by atoms with Gasteiger partial charge in [-0.25, -0.2) is 0 Å². The van der Waals surface area contributed by atoms with Gasteiger partial charge in [0.05, 0.1) is 24.9 Å². The maximum Gasteiger partial charge on any atom is 0.127 e. The van der Waals surface area contributed by atoms with Crippen LogP contribution in [0.1, 0.15) is 12.5 Å². The van der Waals surface area contributed by atoms with Gasteiger partial charge in [-0.2, -0.15) is 0 Å². The fourth-order valence-electron chi connectivity index (χ4n) is 3.18. The van der Waals surface area contributed by atoms with E-state index in [4.69, 9.17) is 4.74 Å². The second-order valence-corrected chi connectivity index (χ2v) is 6.20. The van der Waals surface area contributed by atoms with Crippen LogP contribution in [0.5, 0.6) is 11.5 Å². The molecule has 5 nitrogen and oxygen atoms in total. The molecule has 3 N–H and O–H groups in total. The first kappa shape index (κ1) is 16.9. The number of benzene rings is 2. The lowest BCUT2D eigenvalue weighted by Gasteiger charge is -2.27. The molecule has 1 aliphatic heterocycles. The monoisotopic (exact) mass is 329 g/mol. The number of ether oxygens (including phenoxy) is 1. The van der Waals surface area contributed by atoms with E-state index in [1.165, 1.54) is 0 Å². The van der Waals surface area contributed by atoms with Crippen molar-refractivity contribution in [2.75, 3.05) is 6.61 Å². The van der Waals surface area contributed by atoms with E-state index >= 15 is 0 Å². The van der Waals surface area contributed by atoms with E-state index in [0.29, 0.717) is 6.54 Å². The Bertz CT molecular complexity index is 646. The van der Waals surface area contributed by atoms with Gasteiger partial charge in [0.2, 0.25) is 0 Å². The molecule has 128 valence electrons. The van der Waals surface area contributed by atoms with Crippen molar-refractivity contribution in [3.05, 3.63) is 60.2 Å². The molecule has 0 spiro atoms. The highest BCUT2D eigenvalue weighted by Gasteiger charge is 2.44. The van der Waals surface area contributed by atoms with Crippen molar-refractivity contribution in [2.24, 2.45) is 0 Å². The molecule has 2 aromatic carbocycles. The summed E-state index contributed by atoms with van der Waals surface area (Å²) in [7, 11) is 0. The highest BCUT2D eigenvalue weighted by Crippen LogP contribution is 2.28. The van der Waals surface area contributed by atoms with E-state index in [-0.39, 0.29) is 12.6 Å². The Morgan fingerprint density at radius 2 is 1.54 bits per heavy atom. The zero-order valence-corrected chi connectivity index (χ0v) is 13.6. The maximum atomic E-state index is 10.0. The van der Waals surface area contributed by atoms with Crippen molar-refractivity contribution in [2.45, 2.75) is 37.8 Å². The summed E-state index contributed by atoms with van der Waals surface area (Å²) in [6, 6.07) is 16.6. The van der Waals surface area contributed by atoms with Crippen molar-refractivity contribution < 1.29 is 20.1 Å². The summed E-state index contributed by atoms with van der Waals surface area (Å²) in [6.07, 6.45) is -1.77. The summed E-state index contributed by atoms with van der Waals surface area (Å²) in [6.45, 7) is 2.22. The Morgan fingerprint density at radius 1 is 0.917 bits per heavy atom. The molecule has 0 radical (unpaired) electrons. The lowest BCUT2D eigenvalue weighted by atomic mass is 10.1. The molecule has 0 bridgehead atoms. The lowest BCUT2D eigenvalue weighted by molar-refractivity contribution is 0.0186. The largest absolute Gasteiger partial charge is 0.457 e. The lowest BCUT2D eigenvalue weighted by Crippen LogP contribution is -2.40. The van der Waals surface area contributed by atoms with Gasteiger partial charge in [-0.05, 0) is 36.8 Å². The van der Waals surface area contributed by atoms with Crippen molar-refractivity contribution >= 4 is 0 Å². The highest BCUT2D eigenvalue weighted by molar-refractivity contribution is 5.33. The van der Waals surface area contributed by atoms with E-state index in [9.17, 15) is 15.3 Å². The van der Waals surface area contributed by atoms with Gasteiger partial charge in [-0.15, -0.1) is 0 Å². The molecular formula is C19H23NO4. The van der Waals surface area contributed by atoms with Crippen LogP contribution in [0.3, 0.4) is 0 Å². The number of rotatable bonds is 5. The van der Waals surface area contributed by atoms with Crippen LogP contribution in [-0.2, 0) is 6.54 Å². The van der Waals surface area contributed by atoms with Crippen LogP contribution in [0.4, 0.5) is 0 Å². The smallest absolute Gasteiger partial charge is 0.127 e. The van der Waals surface area contributed by atoms with Crippen molar-refractivity contribution in [1.29, 1.82) is 0 Å². The number of para-hydroxylation sites is 1. The fraction of sp³-hybridized carbons (Fsp3) is 0.368. The average molecular weight is 329 g/mol. The molecule has 0 aliphatic carbocycles. The molecule has 1 aliphatic rings. The van der Waals surface area contributed by atoms with Crippen LogP contribution < -0.4 is 4.74 Å². The first-order valence-corrected chi connectivity index (χ1v) is 8.14. The van der Waals surface area contributed by atoms with Gasteiger partial charge in [0.1, 0.15) is 11.5 Å². The summed E-state index contributed by atoms with van der Waals surface area (Å²) < 4.78 is 5.77. The summed E-state index contributed by atoms with van der Waals surface area (Å²) in [5.41, 5.74) is 1.03. The average Bonchev–Trinajstić information content (AvgIpc) is 2.81. The molecule has 5 heteroatoms. The van der Waals surface area contributed by atoms with E-state index < -0.39 is 18.2 Å². The highest BCUT2D eigenvalue weighted by atomic mass is 16.5. The van der Waals surface area contributed by atoms with Crippen LogP contribution in [0.2, 0.25) is 0 Å². The molecule has 0 saturated carbocycles. The molecule has 0 aromatic heterocycles. The fourth-order valence-corrected chi connectivity index (χ4v) is 3.18. The number of nitrogens with zero attached hydrogens (tertiary/aromatic N) is 1. The summed E-state index contributed by atoms with van der Waals surface area (Å²) >= 11 is 0. The van der Waals surface area contributed by atoms with Crippen LogP contribution in [0.15, 0.2) is 54.6 Å². The number of aliphatic hydroxyl groups is 3. The second-order valence-electron chi connectivity index (χ2n) is 6.20. The summed E-state index contributed by atoms with van der Waals surface area (Å²) in [5.74, 6) is 1.53. The zero-order chi connectivity index (χ0) is 17.1. The maximum absolute atomic E-state index is 10.0. The Balaban J connectivity index is 1.68. The molecule has 1 heterocycles. The Labute approximate surface area is 141 Å². The quantitative estimate of drug-likeness (QED) is 0.780. The number of hydrogen-bond donors (Lipinski definition) is 3. The first-order chi connectivity index (χ1) is 11.6. The summed E-state index contributed by atoms with van der Waals surface area (Å²) in [5, 5.41) is 29.5. The Morgan fingerprint density at radius 3 is 2.17 bits per heavy atom. The third kappa shape index (κ3) is 3.44. The van der Waals surface area contributed by atoms with Crippen molar-refractivity contribution in [3.8, 4) is 11.5 Å². The third-order valence-corrected chi connectivity index (χ3v) is 4.64. The van der Waals surface area contributed by atoms with Gasteiger partial charge in [-0.3, -0.25) is 4.90 Å². The SMILES string of the molecule is C[C@H]1[C@H](O)[C@H](O)[C@@H](CO)N1Cc1ccc(Oc2ccccc2)cc1. The predicted octanol–water partition coefficient (Wildman–Crippen LogP) is 1.77. The minimum atomic E-state index is -0.925. The van der Waals surface area contributed by atoms with Crippen molar-refractivity contribution in [1.82, 2.24) is 4.90 Å². The van der Waals surface area contributed by atoms with Crippen molar-refractivity contribution in [3.63, 3.8) is 0 Å². The predicted molar refractivity (Wildman–Crippen MR) is 90.9 cm³/mol. The van der Waals surface area contributed by atoms with Gasteiger partial charge in [0.25, 0.3) is 0 Å².